The van der Waals surface area contributed by atoms with Gasteiger partial charge in [0.25, 0.3) is 11.5 Å². The van der Waals surface area contributed by atoms with Gasteiger partial charge in [-0.2, -0.15) is 0 Å². The highest BCUT2D eigenvalue weighted by Crippen LogP contribution is 2.31. The monoisotopic (exact) mass is 415 g/mol. The van der Waals surface area contributed by atoms with Crippen LogP contribution in [0.2, 0.25) is 5.02 Å². The minimum atomic E-state index is -0.105. The fraction of sp³-hybridized carbons (Fsp3) is 0.381. The summed E-state index contributed by atoms with van der Waals surface area (Å²) in [6, 6.07) is 7.31. The van der Waals surface area contributed by atoms with Crippen molar-refractivity contribution in [3.8, 4) is 0 Å². The topological polar surface area (TPSA) is 55.2 Å². The van der Waals surface area contributed by atoms with E-state index in [-0.39, 0.29) is 11.5 Å². The number of aromatic nitrogens is 2. The molecule has 4 rings (SSSR count). The van der Waals surface area contributed by atoms with Crippen LogP contribution >= 0.6 is 22.9 Å². The molecular formula is C21H22ClN3O2S. The second-order valence-corrected chi connectivity index (χ2v) is 8.55. The van der Waals surface area contributed by atoms with Crippen LogP contribution in [0, 0.1) is 6.92 Å². The molecule has 0 N–H and O–H groups in total. The molecule has 0 bridgehead atoms. The van der Waals surface area contributed by atoms with Crippen LogP contribution in [0.4, 0.5) is 5.69 Å². The lowest BCUT2D eigenvalue weighted by Gasteiger charge is -2.22. The number of aryl methyl sites for hydroxylation is 2. The summed E-state index contributed by atoms with van der Waals surface area (Å²) in [6.45, 7) is 5.17. The summed E-state index contributed by atoms with van der Waals surface area (Å²) >= 11 is 7.46. The number of hydrogen-bond donors (Lipinski definition) is 0. The van der Waals surface area contributed by atoms with E-state index in [9.17, 15) is 9.59 Å². The van der Waals surface area contributed by atoms with Crippen molar-refractivity contribution in [1.82, 2.24) is 9.55 Å². The molecule has 3 heterocycles. The van der Waals surface area contributed by atoms with Crippen LogP contribution in [-0.4, -0.2) is 22.0 Å². The molecular weight excluding hydrogens is 394 g/mol. The van der Waals surface area contributed by atoms with Crippen LogP contribution in [0.25, 0.3) is 10.2 Å². The summed E-state index contributed by atoms with van der Waals surface area (Å²) in [5.41, 5.74) is 1.48. The molecule has 1 amide bonds. The second kappa shape index (κ2) is 7.68. The summed E-state index contributed by atoms with van der Waals surface area (Å²) in [5.74, 6) is 0.733. The average Bonchev–Trinajstić information content (AvgIpc) is 3.02. The first-order chi connectivity index (χ1) is 13.5. The molecule has 0 spiro atoms. The van der Waals surface area contributed by atoms with E-state index in [1.807, 2.05) is 26.0 Å². The van der Waals surface area contributed by atoms with E-state index in [2.05, 4.69) is 0 Å². The van der Waals surface area contributed by atoms with Crippen molar-refractivity contribution in [3.05, 3.63) is 55.9 Å². The van der Waals surface area contributed by atoms with Gasteiger partial charge in [-0.05, 0) is 49.9 Å². The van der Waals surface area contributed by atoms with Gasteiger partial charge < -0.3 is 4.90 Å². The number of fused-ring (bicyclic) bond motifs is 2. The van der Waals surface area contributed by atoms with Gasteiger partial charge in [0.1, 0.15) is 10.7 Å². The third kappa shape index (κ3) is 3.25. The molecule has 0 saturated heterocycles. The quantitative estimate of drug-likeness (QED) is 0.614. The SMILES string of the molecule is CCCN(C(=O)c1sc2nc3n(c(=O)c2c1C)CCCC3)c1cccc(Cl)c1. The number of nitrogens with zero attached hydrogens (tertiary/aromatic N) is 3. The summed E-state index contributed by atoms with van der Waals surface area (Å²) in [5, 5.41) is 1.17. The maximum atomic E-state index is 13.4. The Morgan fingerprint density at radius 2 is 2.18 bits per heavy atom. The van der Waals surface area contributed by atoms with Crippen molar-refractivity contribution in [3.63, 3.8) is 0 Å². The summed E-state index contributed by atoms with van der Waals surface area (Å²) in [6.07, 6.45) is 3.68. The van der Waals surface area contributed by atoms with Gasteiger partial charge in [-0.1, -0.05) is 24.6 Å². The van der Waals surface area contributed by atoms with Crippen molar-refractivity contribution in [1.29, 1.82) is 0 Å². The molecule has 0 aliphatic carbocycles. The Morgan fingerprint density at radius 1 is 1.36 bits per heavy atom. The number of carbonyl (C=O) groups is 1. The van der Waals surface area contributed by atoms with E-state index in [1.54, 1.807) is 21.6 Å². The lowest BCUT2D eigenvalue weighted by atomic mass is 10.1. The fourth-order valence-corrected chi connectivity index (χ4v) is 5.10. The van der Waals surface area contributed by atoms with Crippen molar-refractivity contribution in [2.24, 2.45) is 0 Å². The Hall–Kier alpha value is -2.18. The van der Waals surface area contributed by atoms with E-state index >= 15 is 0 Å². The van der Waals surface area contributed by atoms with Crippen LogP contribution < -0.4 is 10.5 Å². The first kappa shape index (κ1) is 19.2. The zero-order chi connectivity index (χ0) is 19.8. The average molecular weight is 416 g/mol. The van der Waals surface area contributed by atoms with Crippen LogP contribution in [-0.2, 0) is 13.0 Å². The lowest BCUT2D eigenvalue weighted by molar-refractivity contribution is 0.0990. The van der Waals surface area contributed by atoms with Crippen molar-refractivity contribution in [2.45, 2.75) is 46.1 Å². The van der Waals surface area contributed by atoms with E-state index in [4.69, 9.17) is 16.6 Å². The molecule has 0 fully saturated rings. The standard InChI is InChI=1S/C21H22ClN3O2S/c1-3-10-24(15-8-6-7-14(22)12-15)21(27)18-13(2)17-19(28-18)23-16-9-4-5-11-25(16)20(17)26/h6-8,12H,3-5,9-11H2,1-2H3. The van der Waals surface area contributed by atoms with E-state index < -0.39 is 0 Å². The molecule has 0 saturated carbocycles. The molecule has 0 unspecified atom stereocenters. The van der Waals surface area contributed by atoms with Gasteiger partial charge in [-0.15, -0.1) is 11.3 Å². The third-order valence-corrected chi connectivity index (χ3v) is 6.58. The molecule has 1 aliphatic heterocycles. The predicted molar refractivity (Wildman–Crippen MR) is 115 cm³/mol. The maximum absolute atomic E-state index is 13.4. The summed E-state index contributed by atoms with van der Waals surface area (Å²) in [7, 11) is 0. The number of benzene rings is 1. The van der Waals surface area contributed by atoms with Gasteiger partial charge in [0.2, 0.25) is 0 Å². The Balaban J connectivity index is 1.83. The van der Waals surface area contributed by atoms with Crippen LogP contribution in [0.1, 0.15) is 47.2 Å². The van der Waals surface area contributed by atoms with E-state index in [0.717, 1.165) is 42.8 Å². The zero-order valence-electron chi connectivity index (χ0n) is 16.0. The largest absolute Gasteiger partial charge is 0.308 e. The first-order valence-corrected chi connectivity index (χ1v) is 10.8. The predicted octanol–water partition coefficient (Wildman–Crippen LogP) is 4.81. The number of rotatable bonds is 4. The van der Waals surface area contributed by atoms with Gasteiger partial charge in [0.15, 0.2) is 0 Å². The summed E-state index contributed by atoms with van der Waals surface area (Å²) < 4.78 is 1.78. The lowest BCUT2D eigenvalue weighted by Crippen LogP contribution is -2.31. The molecule has 3 aromatic rings. The minimum Gasteiger partial charge on any atom is -0.308 e. The number of thiophene rings is 1. The number of hydrogen-bond acceptors (Lipinski definition) is 4. The van der Waals surface area contributed by atoms with Gasteiger partial charge in [0, 0.05) is 30.2 Å². The molecule has 5 nitrogen and oxygen atoms in total. The highest BCUT2D eigenvalue weighted by Gasteiger charge is 2.26. The molecule has 28 heavy (non-hydrogen) atoms. The third-order valence-electron chi connectivity index (χ3n) is 5.17. The zero-order valence-corrected chi connectivity index (χ0v) is 17.6. The van der Waals surface area contributed by atoms with Crippen molar-refractivity contribution < 1.29 is 4.79 Å². The van der Waals surface area contributed by atoms with Crippen molar-refractivity contribution in [2.75, 3.05) is 11.4 Å². The molecule has 146 valence electrons. The van der Waals surface area contributed by atoms with Gasteiger partial charge >= 0.3 is 0 Å². The van der Waals surface area contributed by atoms with E-state index in [1.165, 1.54) is 11.3 Å². The van der Waals surface area contributed by atoms with Gasteiger partial charge in [-0.25, -0.2) is 4.98 Å². The van der Waals surface area contributed by atoms with Gasteiger partial charge in [0.05, 0.1) is 10.3 Å². The molecule has 1 aromatic carbocycles. The Morgan fingerprint density at radius 3 is 2.93 bits per heavy atom. The smallest absolute Gasteiger partial charge is 0.268 e. The van der Waals surface area contributed by atoms with Crippen LogP contribution in [0.15, 0.2) is 29.1 Å². The number of anilines is 1. The fourth-order valence-electron chi connectivity index (χ4n) is 3.78. The molecule has 1 aliphatic rings. The first-order valence-electron chi connectivity index (χ1n) is 9.61. The Kier molecular flexibility index (Phi) is 5.25. The number of halogens is 1. The van der Waals surface area contributed by atoms with E-state index in [0.29, 0.717) is 33.2 Å². The van der Waals surface area contributed by atoms with Crippen LogP contribution in [0.5, 0.6) is 0 Å². The highest BCUT2D eigenvalue weighted by molar-refractivity contribution is 7.20. The summed E-state index contributed by atoms with van der Waals surface area (Å²) in [4.78, 5) is 34.2. The minimum absolute atomic E-state index is 0.0164. The molecule has 0 radical (unpaired) electrons. The maximum Gasteiger partial charge on any atom is 0.268 e. The normalized spacial score (nSPS) is 13.5. The molecule has 7 heteroatoms. The second-order valence-electron chi connectivity index (χ2n) is 7.11. The van der Waals surface area contributed by atoms with Crippen molar-refractivity contribution >= 4 is 44.7 Å². The number of carbonyl (C=O) groups excluding carboxylic acids is 1. The Bertz CT molecular complexity index is 1120. The Labute approximate surface area is 172 Å². The van der Waals surface area contributed by atoms with Gasteiger partial charge in [-0.3, -0.25) is 14.2 Å². The molecule has 2 aromatic heterocycles. The highest BCUT2D eigenvalue weighted by atomic mass is 35.5. The van der Waals surface area contributed by atoms with Crippen LogP contribution in [0.3, 0.4) is 0 Å². The number of amides is 1. The molecule has 0 atom stereocenters.